The first-order chi connectivity index (χ1) is 4.30. The third-order valence-electron chi connectivity index (χ3n) is 1.21. The van der Waals surface area contributed by atoms with Crippen LogP contribution in [0.15, 0.2) is 30.3 Å². The SMILES string of the molecule is C[C](=[Ti+2])c1ccccc1. The molecule has 0 saturated carbocycles. The van der Waals surface area contributed by atoms with Crippen LogP contribution in [0.5, 0.6) is 0 Å². The average Bonchev–Trinajstić information content (AvgIpc) is 1.90. The summed E-state index contributed by atoms with van der Waals surface area (Å²) in [6.07, 6.45) is 0. The summed E-state index contributed by atoms with van der Waals surface area (Å²) in [5.74, 6) is 0. The van der Waals surface area contributed by atoms with Gasteiger partial charge >= 0.3 is 66.6 Å². The van der Waals surface area contributed by atoms with Crippen molar-refractivity contribution < 1.29 is 20.0 Å². The van der Waals surface area contributed by atoms with E-state index in [0.717, 1.165) is 0 Å². The van der Waals surface area contributed by atoms with E-state index in [2.05, 4.69) is 51.2 Å². The van der Waals surface area contributed by atoms with Crippen LogP contribution in [0.3, 0.4) is 0 Å². The Morgan fingerprint density at radius 2 is 1.78 bits per heavy atom. The molecule has 1 rings (SSSR count). The van der Waals surface area contributed by atoms with Gasteiger partial charge in [-0.2, -0.15) is 0 Å². The molecule has 0 bridgehead atoms. The van der Waals surface area contributed by atoms with Crippen LogP contribution in [0.4, 0.5) is 0 Å². The second-order valence-electron chi connectivity index (χ2n) is 1.99. The first-order valence-electron chi connectivity index (χ1n) is 2.91. The predicted molar refractivity (Wildman–Crippen MR) is 36.2 cm³/mol. The molecule has 0 nitrogen and oxygen atoms in total. The number of benzene rings is 1. The van der Waals surface area contributed by atoms with Gasteiger partial charge in [-0.3, -0.25) is 0 Å². The molecule has 0 spiro atoms. The molecule has 0 amide bonds. The van der Waals surface area contributed by atoms with Gasteiger partial charge in [-0.05, 0) is 0 Å². The minimum absolute atomic E-state index is 1.33. The fraction of sp³-hybridized carbons (Fsp3) is 0.125. The van der Waals surface area contributed by atoms with Crippen molar-refractivity contribution in [3.63, 3.8) is 0 Å². The van der Waals surface area contributed by atoms with Crippen LogP contribution in [-0.4, -0.2) is 3.81 Å². The summed E-state index contributed by atoms with van der Waals surface area (Å²) in [5, 5.41) is 0. The molecule has 0 aliphatic carbocycles. The third kappa shape index (κ3) is 1.89. The zero-order valence-electron chi connectivity index (χ0n) is 5.39. The summed E-state index contributed by atoms with van der Waals surface area (Å²) < 4.78 is 1.37. The zero-order chi connectivity index (χ0) is 6.69. The molecule has 1 aromatic rings. The van der Waals surface area contributed by atoms with Crippen molar-refractivity contribution in [3.05, 3.63) is 35.9 Å². The van der Waals surface area contributed by atoms with Crippen molar-refractivity contribution in [1.29, 1.82) is 0 Å². The van der Waals surface area contributed by atoms with Gasteiger partial charge in [0.2, 0.25) is 0 Å². The predicted octanol–water partition coefficient (Wildman–Crippen LogP) is 1.77. The number of rotatable bonds is 1. The van der Waals surface area contributed by atoms with Crippen molar-refractivity contribution in [1.82, 2.24) is 0 Å². The summed E-state index contributed by atoms with van der Waals surface area (Å²) in [6.45, 7) is 2.12. The second-order valence-corrected chi connectivity index (χ2v) is 3.16. The van der Waals surface area contributed by atoms with Gasteiger partial charge in [0.1, 0.15) is 0 Å². The van der Waals surface area contributed by atoms with Crippen LogP contribution in [-0.2, 0) is 20.0 Å². The maximum absolute atomic E-state index is 2.12. The quantitative estimate of drug-likeness (QED) is 0.538. The molecule has 0 N–H and O–H groups in total. The van der Waals surface area contributed by atoms with Gasteiger partial charge in [0.05, 0.1) is 0 Å². The van der Waals surface area contributed by atoms with E-state index in [1.165, 1.54) is 9.37 Å². The fourth-order valence-electron chi connectivity index (χ4n) is 0.688. The molecule has 42 valence electrons. The van der Waals surface area contributed by atoms with Crippen molar-refractivity contribution in [2.24, 2.45) is 0 Å². The van der Waals surface area contributed by atoms with Gasteiger partial charge in [-0.15, -0.1) is 0 Å². The molecule has 0 saturated heterocycles. The van der Waals surface area contributed by atoms with E-state index in [9.17, 15) is 0 Å². The van der Waals surface area contributed by atoms with Crippen LogP contribution in [0.2, 0.25) is 0 Å². The Morgan fingerprint density at radius 3 is 2.11 bits per heavy atom. The Bertz CT molecular complexity index is 201. The van der Waals surface area contributed by atoms with E-state index >= 15 is 0 Å². The van der Waals surface area contributed by atoms with Gasteiger partial charge < -0.3 is 0 Å². The number of hydrogen-bond acceptors (Lipinski definition) is 0. The van der Waals surface area contributed by atoms with Gasteiger partial charge in [0, 0.05) is 0 Å². The summed E-state index contributed by atoms with van der Waals surface area (Å²) >= 11 is 2.12. The van der Waals surface area contributed by atoms with Crippen LogP contribution >= 0.6 is 0 Å². The van der Waals surface area contributed by atoms with Crippen molar-refractivity contribution >= 4 is 3.81 Å². The Hall–Kier alpha value is -0.196. The molecule has 1 aromatic carbocycles. The van der Waals surface area contributed by atoms with Crippen molar-refractivity contribution in [3.8, 4) is 0 Å². The molecule has 0 fully saturated rings. The molecule has 0 heterocycles. The average molecular weight is 152 g/mol. The van der Waals surface area contributed by atoms with Crippen LogP contribution in [0.1, 0.15) is 12.5 Å². The van der Waals surface area contributed by atoms with Gasteiger partial charge in [0.25, 0.3) is 0 Å². The normalized spacial score (nSPS) is 9.22. The zero-order valence-corrected chi connectivity index (χ0v) is 6.95. The molecule has 0 aliphatic rings. The van der Waals surface area contributed by atoms with Crippen LogP contribution < -0.4 is 0 Å². The Kier molecular flexibility index (Phi) is 2.38. The van der Waals surface area contributed by atoms with Crippen LogP contribution in [0, 0.1) is 0 Å². The Labute approximate surface area is 66.8 Å². The van der Waals surface area contributed by atoms with E-state index in [1.807, 2.05) is 6.07 Å². The maximum atomic E-state index is 2.12. The molecule has 1 heteroatoms. The fourth-order valence-corrected chi connectivity index (χ4v) is 0.948. The Balaban J connectivity index is 2.98. The van der Waals surface area contributed by atoms with Crippen LogP contribution in [0.25, 0.3) is 0 Å². The van der Waals surface area contributed by atoms with Gasteiger partial charge in [-0.1, -0.05) is 0 Å². The Morgan fingerprint density at radius 1 is 1.22 bits per heavy atom. The summed E-state index contributed by atoms with van der Waals surface area (Å²) in [7, 11) is 0. The summed E-state index contributed by atoms with van der Waals surface area (Å²) in [5.41, 5.74) is 1.33. The third-order valence-corrected chi connectivity index (χ3v) is 1.66. The molecule has 0 atom stereocenters. The molecular weight excluding hydrogens is 144 g/mol. The minimum atomic E-state index is 1.33. The van der Waals surface area contributed by atoms with E-state index in [-0.39, 0.29) is 0 Å². The first kappa shape index (κ1) is 6.92. The molecular formula is C8H8Ti+2. The topological polar surface area (TPSA) is 0 Å². The molecule has 0 radical (unpaired) electrons. The monoisotopic (exact) mass is 152 g/mol. The molecule has 0 unspecified atom stereocenters. The van der Waals surface area contributed by atoms with E-state index in [1.54, 1.807) is 0 Å². The molecule has 0 aliphatic heterocycles. The first-order valence-corrected chi connectivity index (χ1v) is 3.69. The van der Waals surface area contributed by atoms with Gasteiger partial charge in [0.15, 0.2) is 0 Å². The standard InChI is InChI=1S/C8H8.Ti/c1-2-8-6-4-3-5-7-8;/h3-7H,1H3;/q;+2. The van der Waals surface area contributed by atoms with Crippen molar-refractivity contribution in [2.75, 3.05) is 0 Å². The van der Waals surface area contributed by atoms with E-state index in [4.69, 9.17) is 0 Å². The van der Waals surface area contributed by atoms with Crippen molar-refractivity contribution in [2.45, 2.75) is 6.92 Å². The van der Waals surface area contributed by atoms with E-state index in [0.29, 0.717) is 0 Å². The van der Waals surface area contributed by atoms with Gasteiger partial charge in [-0.25, -0.2) is 0 Å². The second kappa shape index (κ2) is 3.10. The van der Waals surface area contributed by atoms with E-state index < -0.39 is 0 Å². The summed E-state index contributed by atoms with van der Waals surface area (Å²) in [6, 6.07) is 10.4. The molecule has 9 heavy (non-hydrogen) atoms. The summed E-state index contributed by atoms with van der Waals surface area (Å²) in [4.78, 5) is 0. The molecule has 0 aromatic heterocycles. The number of hydrogen-bond donors (Lipinski definition) is 0.